The molecule has 12 heteroatoms. The Morgan fingerprint density at radius 1 is 1.14 bits per heavy atom. The molecule has 37 heavy (non-hydrogen) atoms. The maximum absolute atomic E-state index is 15.1. The molecular weight excluding hydrogens is 615 g/mol. The first-order valence-corrected chi connectivity index (χ1v) is 12.7. The summed E-state index contributed by atoms with van der Waals surface area (Å²) in [5.74, 6) is -0.708. The number of halogens is 3. The second kappa shape index (κ2) is 11.4. The highest BCUT2D eigenvalue weighted by atomic mass is 79.9. The van der Waals surface area contributed by atoms with Crippen LogP contribution in [0.4, 0.5) is 27.1 Å². The molecule has 1 saturated heterocycles. The number of nitro groups is 1. The number of benzene rings is 2. The molecule has 192 valence electrons. The van der Waals surface area contributed by atoms with Gasteiger partial charge in [0.15, 0.2) is 0 Å². The van der Waals surface area contributed by atoms with Crippen LogP contribution in [0.1, 0.15) is 6.92 Å². The number of anilines is 3. The van der Waals surface area contributed by atoms with Crippen molar-refractivity contribution >= 4 is 60.5 Å². The van der Waals surface area contributed by atoms with Crippen molar-refractivity contribution < 1.29 is 18.8 Å². The van der Waals surface area contributed by atoms with Crippen molar-refractivity contribution in [2.75, 3.05) is 30.0 Å². The summed E-state index contributed by atoms with van der Waals surface area (Å²) in [6.45, 7) is 2.56. The Bertz CT molecular complexity index is 1420. The van der Waals surface area contributed by atoms with Crippen molar-refractivity contribution in [3.63, 3.8) is 0 Å². The third kappa shape index (κ3) is 6.32. The quantitative estimate of drug-likeness (QED) is 0.267. The lowest BCUT2D eigenvalue weighted by atomic mass is 10.1. The zero-order valence-electron chi connectivity index (χ0n) is 19.5. The molecular formula is C25H21Br2FN4O5. The average molecular weight is 636 g/mol. The second-order valence-electron chi connectivity index (χ2n) is 8.31. The van der Waals surface area contributed by atoms with Gasteiger partial charge in [-0.3, -0.25) is 19.7 Å². The third-order valence-corrected chi connectivity index (χ3v) is 6.92. The van der Waals surface area contributed by atoms with Crippen LogP contribution >= 0.6 is 31.9 Å². The van der Waals surface area contributed by atoms with Gasteiger partial charge in [0.1, 0.15) is 18.2 Å². The van der Waals surface area contributed by atoms with E-state index in [2.05, 4.69) is 42.5 Å². The van der Waals surface area contributed by atoms with E-state index in [1.54, 1.807) is 30.3 Å². The Morgan fingerprint density at radius 2 is 1.84 bits per heavy atom. The summed E-state index contributed by atoms with van der Waals surface area (Å²) in [5, 5.41) is 16.5. The largest absolute Gasteiger partial charge is 0.354 e. The fourth-order valence-electron chi connectivity index (χ4n) is 3.78. The minimum Gasteiger partial charge on any atom is -0.354 e. The number of hydrogen-bond acceptors (Lipinski definition) is 7. The van der Waals surface area contributed by atoms with E-state index in [0.29, 0.717) is 34.4 Å². The van der Waals surface area contributed by atoms with Crippen molar-refractivity contribution in [2.24, 2.45) is 0 Å². The first-order valence-electron chi connectivity index (χ1n) is 11.1. The van der Waals surface area contributed by atoms with Gasteiger partial charge in [-0.1, -0.05) is 0 Å². The first kappa shape index (κ1) is 26.7. The molecule has 0 aromatic heterocycles. The van der Waals surface area contributed by atoms with Gasteiger partial charge in [0.05, 0.1) is 21.2 Å². The van der Waals surface area contributed by atoms with Crippen LogP contribution in [-0.2, 0) is 9.53 Å². The molecule has 1 amide bonds. The molecule has 4 rings (SSSR count). The molecule has 2 N–H and O–H groups in total. The molecule has 0 aliphatic carbocycles. The number of ether oxygens (including phenoxy) is 1. The summed E-state index contributed by atoms with van der Waals surface area (Å²) in [6, 6.07) is 13.8. The molecule has 9 nitrogen and oxygen atoms in total. The lowest BCUT2D eigenvalue weighted by Gasteiger charge is -2.17. The van der Waals surface area contributed by atoms with Crippen LogP contribution < -0.4 is 21.0 Å². The highest BCUT2D eigenvalue weighted by Crippen LogP contribution is 2.32. The molecule has 1 heterocycles. The number of rotatable bonds is 7. The Balaban J connectivity index is 1.57. The van der Waals surface area contributed by atoms with E-state index in [4.69, 9.17) is 4.74 Å². The van der Waals surface area contributed by atoms with Crippen molar-refractivity contribution in [2.45, 2.75) is 13.0 Å². The van der Waals surface area contributed by atoms with Gasteiger partial charge in [0.2, 0.25) is 11.3 Å². The van der Waals surface area contributed by atoms with E-state index in [-0.39, 0.29) is 40.3 Å². The number of non-ortho nitro benzene ring substituents is 1. The van der Waals surface area contributed by atoms with Crippen LogP contribution in [0.15, 0.2) is 68.3 Å². The zero-order valence-corrected chi connectivity index (χ0v) is 22.6. The predicted molar refractivity (Wildman–Crippen MR) is 146 cm³/mol. The molecule has 3 aromatic carbocycles. The van der Waals surface area contributed by atoms with Gasteiger partial charge < -0.3 is 20.3 Å². The van der Waals surface area contributed by atoms with Crippen molar-refractivity contribution in [3.05, 3.63) is 89.7 Å². The fourth-order valence-corrected chi connectivity index (χ4v) is 4.75. The van der Waals surface area contributed by atoms with E-state index in [1.165, 1.54) is 31.2 Å². The van der Waals surface area contributed by atoms with Crippen molar-refractivity contribution in [1.82, 2.24) is 5.32 Å². The number of nitro benzene ring substituents is 1. The van der Waals surface area contributed by atoms with E-state index in [0.717, 1.165) is 0 Å². The summed E-state index contributed by atoms with van der Waals surface area (Å²) in [6.07, 6.45) is -0.199. The predicted octanol–water partition coefficient (Wildman–Crippen LogP) is 5.33. The van der Waals surface area contributed by atoms with E-state index in [9.17, 15) is 19.7 Å². The number of nitrogens with zero attached hydrogens (tertiary/aromatic N) is 2. The molecule has 0 spiro atoms. The normalized spacial score (nSPS) is 14.9. The Hall–Kier alpha value is -3.35. The summed E-state index contributed by atoms with van der Waals surface area (Å²) in [5.41, 5.74) is 1.66. The highest BCUT2D eigenvalue weighted by Gasteiger charge is 2.24. The van der Waals surface area contributed by atoms with Gasteiger partial charge in [-0.15, -0.1) is 0 Å². The summed E-state index contributed by atoms with van der Waals surface area (Å²) in [7, 11) is 0. The van der Waals surface area contributed by atoms with Gasteiger partial charge in [-0.25, -0.2) is 4.39 Å². The molecule has 1 atom stereocenters. The van der Waals surface area contributed by atoms with E-state index >= 15 is 4.39 Å². The summed E-state index contributed by atoms with van der Waals surface area (Å²) < 4.78 is 21.3. The molecule has 1 aliphatic heterocycles. The number of hydrogen-bond donors (Lipinski definition) is 2. The summed E-state index contributed by atoms with van der Waals surface area (Å²) in [4.78, 5) is 36.5. The minimum absolute atomic E-state index is 0.0447. The van der Waals surface area contributed by atoms with Gasteiger partial charge in [-0.05, 0) is 85.5 Å². The molecule has 0 unspecified atom stereocenters. The van der Waals surface area contributed by atoms with E-state index in [1.807, 2.05) is 4.90 Å². The number of nitrogens with one attached hydrogen (secondary N) is 2. The lowest BCUT2D eigenvalue weighted by molar-refractivity contribution is -0.384. The van der Waals surface area contributed by atoms with E-state index < -0.39 is 16.2 Å². The number of amides is 1. The van der Waals surface area contributed by atoms with Gasteiger partial charge >= 0.3 is 0 Å². The van der Waals surface area contributed by atoms with Gasteiger partial charge in [0, 0.05) is 42.3 Å². The Morgan fingerprint density at radius 3 is 2.49 bits per heavy atom. The average Bonchev–Trinajstić information content (AvgIpc) is 3.31. The van der Waals surface area contributed by atoms with Gasteiger partial charge in [-0.2, -0.15) is 0 Å². The zero-order chi connectivity index (χ0) is 26.7. The molecule has 0 radical (unpaired) electrons. The van der Waals surface area contributed by atoms with Crippen LogP contribution in [0.3, 0.4) is 0 Å². The maximum Gasteiger partial charge on any atom is 0.269 e. The van der Waals surface area contributed by atoms with Crippen LogP contribution in [0.2, 0.25) is 0 Å². The summed E-state index contributed by atoms with van der Waals surface area (Å²) >= 11 is 6.70. The molecule has 1 fully saturated rings. The number of carbonyl (C=O) groups excluding carboxylic acids is 1. The monoisotopic (exact) mass is 634 g/mol. The van der Waals surface area contributed by atoms with Crippen LogP contribution in [0.5, 0.6) is 0 Å². The van der Waals surface area contributed by atoms with Crippen molar-refractivity contribution in [3.8, 4) is 11.1 Å². The molecule has 3 aromatic rings. The topological polar surface area (TPSA) is 114 Å². The number of carbonyl (C=O) groups is 1. The molecule has 0 saturated carbocycles. The molecule has 1 aliphatic rings. The second-order valence-corrected chi connectivity index (χ2v) is 10.0. The third-order valence-electron chi connectivity index (χ3n) is 5.70. The standard InChI is InChI=1S/C25H21Br2FN4O5/c1-14(33)29-11-19-12-31(13-37-19)18-6-7-23(22(28)10-18)30-24-20(26)8-16(9-21(27)25(24)34)15-2-4-17(5-3-15)32(35)36/h2-10,19H,11-13H2,1H3,(H,29,33)(H,30,34)/t19-/m0/s1. The smallest absolute Gasteiger partial charge is 0.269 e. The van der Waals surface area contributed by atoms with Crippen LogP contribution in [0, 0.1) is 15.9 Å². The van der Waals surface area contributed by atoms with Gasteiger partial charge in [0.25, 0.3) is 5.69 Å². The SMILES string of the molecule is CC(=O)NC[C@H]1CN(c2ccc(Nc3c(Br)cc(-c4ccc([N+](=O)[O-])cc4)cc(Br)c3=O)c(F)c2)CO1. The van der Waals surface area contributed by atoms with Crippen LogP contribution in [-0.4, -0.2) is 36.8 Å². The first-order chi connectivity index (χ1) is 17.6. The maximum atomic E-state index is 15.1. The minimum atomic E-state index is -0.563. The Labute approximate surface area is 228 Å². The van der Waals surface area contributed by atoms with Crippen molar-refractivity contribution in [1.29, 1.82) is 0 Å². The fraction of sp³-hybridized carbons (Fsp3) is 0.200. The van der Waals surface area contributed by atoms with Crippen LogP contribution in [0.25, 0.3) is 11.1 Å². The molecule has 0 bridgehead atoms. The Kier molecular flexibility index (Phi) is 8.20. The highest BCUT2D eigenvalue weighted by molar-refractivity contribution is 9.11. The lowest BCUT2D eigenvalue weighted by Crippen LogP contribution is -2.33.